The van der Waals surface area contributed by atoms with Gasteiger partial charge in [0, 0.05) is 63.3 Å². The third-order valence-electron chi connectivity index (χ3n) is 6.71. The SMILES string of the molecule is Cc1ccc(-n2ccn3c(CCCC(=O)N4CCN(c5ccccn5)CC4)nnc3c2=O)cc1C. The highest BCUT2D eigenvalue weighted by Gasteiger charge is 2.21. The Kier molecular flexibility index (Phi) is 6.31. The van der Waals surface area contributed by atoms with Crippen LogP contribution >= 0.6 is 0 Å². The van der Waals surface area contributed by atoms with Crippen LogP contribution in [0.4, 0.5) is 5.82 Å². The van der Waals surface area contributed by atoms with E-state index in [4.69, 9.17) is 0 Å². The maximum atomic E-state index is 13.0. The molecule has 0 spiro atoms. The van der Waals surface area contributed by atoms with Crippen molar-refractivity contribution in [2.24, 2.45) is 0 Å². The largest absolute Gasteiger partial charge is 0.353 e. The maximum Gasteiger partial charge on any atom is 0.300 e. The van der Waals surface area contributed by atoms with Crippen LogP contribution in [0.25, 0.3) is 11.3 Å². The van der Waals surface area contributed by atoms with Gasteiger partial charge in [0.1, 0.15) is 11.6 Å². The van der Waals surface area contributed by atoms with Gasteiger partial charge in [0.2, 0.25) is 11.6 Å². The fourth-order valence-corrected chi connectivity index (χ4v) is 4.47. The van der Waals surface area contributed by atoms with Crippen molar-refractivity contribution in [3.05, 3.63) is 82.3 Å². The number of rotatable bonds is 6. The number of carbonyl (C=O) groups excluding carboxylic acids is 1. The average molecular weight is 472 g/mol. The van der Waals surface area contributed by atoms with Crippen molar-refractivity contribution >= 4 is 17.4 Å². The van der Waals surface area contributed by atoms with Gasteiger partial charge in [0.05, 0.1) is 0 Å². The van der Waals surface area contributed by atoms with E-state index in [0.717, 1.165) is 30.2 Å². The average Bonchev–Trinajstić information content (AvgIpc) is 3.30. The van der Waals surface area contributed by atoms with Gasteiger partial charge in [-0.1, -0.05) is 12.1 Å². The van der Waals surface area contributed by atoms with E-state index >= 15 is 0 Å². The van der Waals surface area contributed by atoms with Crippen LogP contribution in [0.5, 0.6) is 0 Å². The van der Waals surface area contributed by atoms with Crippen molar-refractivity contribution in [1.82, 2.24) is 29.0 Å². The molecule has 35 heavy (non-hydrogen) atoms. The molecule has 1 saturated heterocycles. The molecule has 0 atom stereocenters. The minimum Gasteiger partial charge on any atom is -0.353 e. The van der Waals surface area contributed by atoms with Crippen molar-refractivity contribution in [2.75, 3.05) is 31.1 Å². The van der Waals surface area contributed by atoms with E-state index < -0.39 is 0 Å². The normalized spacial score (nSPS) is 14.0. The summed E-state index contributed by atoms with van der Waals surface area (Å²) < 4.78 is 3.32. The van der Waals surface area contributed by atoms with Crippen molar-refractivity contribution in [1.29, 1.82) is 0 Å². The predicted octanol–water partition coefficient (Wildman–Crippen LogP) is 2.56. The molecule has 4 heterocycles. The van der Waals surface area contributed by atoms with Gasteiger partial charge >= 0.3 is 5.56 Å². The summed E-state index contributed by atoms with van der Waals surface area (Å²) in [5, 5.41) is 8.38. The number of hydrogen-bond donors (Lipinski definition) is 0. The van der Waals surface area contributed by atoms with Crippen molar-refractivity contribution in [3.63, 3.8) is 0 Å². The topological polar surface area (TPSA) is 88.6 Å². The summed E-state index contributed by atoms with van der Waals surface area (Å²) in [5.41, 5.74) is 3.18. The van der Waals surface area contributed by atoms with E-state index in [2.05, 4.69) is 20.1 Å². The first-order chi connectivity index (χ1) is 17.0. The molecule has 9 heteroatoms. The van der Waals surface area contributed by atoms with E-state index in [-0.39, 0.29) is 17.1 Å². The molecule has 1 amide bonds. The van der Waals surface area contributed by atoms with Crippen LogP contribution in [0.1, 0.15) is 29.8 Å². The van der Waals surface area contributed by atoms with Gasteiger partial charge in [-0.2, -0.15) is 0 Å². The quantitative estimate of drug-likeness (QED) is 0.430. The van der Waals surface area contributed by atoms with Crippen molar-refractivity contribution in [2.45, 2.75) is 33.1 Å². The van der Waals surface area contributed by atoms with E-state index in [1.807, 2.05) is 61.3 Å². The Bertz CT molecular complexity index is 1400. The third kappa shape index (κ3) is 4.66. The van der Waals surface area contributed by atoms with Crippen LogP contribution in [0.15, 0.2) is 59.8 Å². The number of hydrogen-bond acceptors (Lipinski definition) is 6. The first-order valence-corrected chi connectivity index (χ1v) is 12.0. The molecule has 1 aliphatic rings. The van der Waals surface area contributed by atoms with Crippen LogP contribution in [0, 0.1) is 13.8 Å². The maximum absolute atomic E-state index is 13.0. The Morgan fingerprint density at radius 3 is 2.54 bits per heavy atom. The lowest BCUT2D eigenvalue weighted by Gasteiger charge is -2.35. The molecule has 9 nitrogen and oxygen atoms in total. The van der Waals surface area contributed by atoms with Crippen LogP contribution < -0.4 is 10.5 Å². The van der Waals surface area contributed by atoms with Crippen LogP contribution in [0.2, 0.25) is 0 Å². The number of nitrogens with zero attached hydrogens (tertiary/aromatic N) is 7. The Morgan fingerprint density at radius 1 is 0.971 bits per heavy atom. The number of anilines is 1. The Morgan fingerprint density at radius 2 is 1.80 bits per heavy atom. The number of benzene rings is 1. The molecule has 0 saturated carbocycles. The minimum atomic E-state index is -0.212. The lowest BCUT2D eigenvalue weighted by atomic mass is 10.1. The second kappa shape index (κ2) is 9.69. The standard InChI is InChI=1S/C26H29N7O2/c1-19-9-10-21(18-20(19)2)32-16-17-33-23(28-29-25(33)26(32)35)7-5-8-24(34)31-14-12-30(13-15-31)22-6-3-4-11-27-22/h3-4,6,9-11,16-18H,5,7-8,12-15H2,1-2H3. The van der Waals surface area contributed by atoms with E-state index in [1.165, 1.54) is 5.56 Å². The smallest absolute Gasteiger partial charge is 0.300 e. The summed E-state index contributed by atoms with van der Waals surface area (Å²) in [4.78, 5) is 34.3. The molecule has 1 aromatic carbocycles. The lowest BCUT2D eigenvalue weighted by molar-refractivity contribution is -0.131. The molecule has 4 aromatic rings. The van der Waals surface area contributed by atoms with Gasteiger partial charge in [-0.3, -0.25) is 18.6 Å². The Labute approximate surface area is 203 Å². The minimum absolute atomic E-state index is 0.150. The molecule has 5 rings (SSSR count). The van der Waals surface area contributed by atoms with Gasteiger partial charge < -0.3 is 9.80 Å². The van der Waals surface area contributed by atoms with Gasteiger partial charge in [-0.25, -0.2) is 4.98 Å². The van der Waals surface area contributed by atoms with E-state index in [0.29, 0.717) is 38.2 Å². The first kappa shape index (κ1) is 22.8. The summed E-state index contributed by atoms with van der Waals surface area (Å²) in [5.74, 6) is 1.79. The molecule has 3 aromatic heterocycles. The first-order valence-electron chi connectivity index (χ1n) is 12.0. The second-order valence-electron chi connectivity index (χ2n) is 8.96. The number of aromatic nitrogens is 5. The third-order valence-corrected chi connectivity index (χ3v) is 6.71. The summed E-state index contributed by atoms with van der Waals surface area (Å²) in [7, 11) is 0. The monoisotopic (exact) mass is 471 g/mol. The molecule has 1 aliphatic heterocycles. The van der Waals surface area contributed by atoms with Gasteiger partial charge in [0.15, 0.2) is 0 Å². The van der Waals surface area contributed by atoms with Crippen LogP contribution in [-0.4, -0.2) is 61.1 Å². The van der Waals surface area contributed by atoms with Crippen molar-refractivity contribution in [3.8, 4) is 5.69 Å². The zero-order chi connectivity index (χ0) is 24.4. The summed E-state index contributed by atoms with van der Waals surface area (Å²) in [6.07, 6.45) is 7.03. The van der Waals surface area contributed by atoms with Gasteiger partial charge in [-0.05, 0) is 55.7 Å². The molecule has 0 bridgehead atoms. The summed E-state index contributed by atoms with van der Waals surface area (Å²) in [6, 6.07) is 11.8. The zero-order valence-corrected chi connectivity index (χ0v) is 20.1. The highest BCUT2D eigenvalue weighted by Crippen LogP contribution is 2.15. The van der Waals surface area contributed by atoms with E-state index in [9.17, 15) is 9.59 Å². The Hall–Kier alpha value is -4.01. The number of piperazine rings is 1. The molecular weight excluding hydrogens is 442 g/mol. The molecular formula is C26H29N7O2. The van der Waals surface area contributed by atoms with E-state index in [1.54, 1.807) is 21.4 Å². The fourth-order valence-electron chi connectivity index (χ4n) is 4.47. The highest BCUT2D eigenvalue weighted by atomic mass is 16.2. The number of aryl methyl sites for hydroxylation is 3. The van der Waals surface area contributed by atoms with Gasteiger partial charge in [0.25, 0.3) is 0 Å². The molecule has 180 valence electrons. The highest BCUT2D eigenvalue weighted by molar-refractivity contribution is 5.76. The molecule has 0 unspecified atom stereocenters. The molecule has 0 N–H and O–H groups in total. The Balaban J connectivity index is 1.19. The fraction of sp³-hybridized carbons (Fsp3) is 0.346. The molecule has 0 radical (unpaired) electrons. The number of pyridine rings is 1. The lowest BCUT2D eigenvalue weighted by Crippen LogP contribution is -2.49. The number of fused-ring (bicyclic) bond motifs is 1. The number of amides is 1. The second-order valence-corrected chi connectivity index (χ2v) is 8.96. The predicted molar refractivity (Wildman–Crippen MR) is 134 cm³/mol. The van der Waals surface area contributed by atoms with Gasteiger partial charge in [-0.15, -0.1) is 10.2 Å². The summed E-state index contributed by atoms with van der Waals surface area (Å²) >= 11 is 0. The summed E-state index contributed by atoms with van der Waals surface area (Å²) in [6.45, 7) is 7.03. The zero-order valence-electron chi connectivity index (χ0n) is 20.1. The molecule has 1 fully saturated rings. The van der Waals surface area contributed by atoms with Crippen LogP contribution in [0.3, 0.4) is 0 Å². The molecule has 0 aliphatic carbocycles. The van der Waals surface area contributed by atoms with Crippen LogP contribution in [-0.2, 0) is 11.2 Å². The van der Waals surface area contributed by atoms with Crippen molar-refractivity contribution < 1.29 is 4.79 Å². The number of carbonyl (C=O) groups is 1.